The van der Waals surface area contributed by atoms with Crippen molar-refractivity contribution in [1.82, 2.24) is 5.32 Å². The van der Waals surface area contributed by atoms with Crippen molar-refractivity contribution in [3.63, 3.8) is 0 Å². The first-order valence-electron chi connectivity index (χ1n) is 3.10. The molecule has 1 aliphatic heterocycles. The second-order valence-corrected chi connectivity index (χ2v) is 4.07. The van der Waals surface area contributed by atoms with Crippen LogP contribution in [0.3, 0.4) is 0 Å². The lowest BCUT2D eigenvalue weighted by Gasteiger charge is -2.17. The van der Waals surface area contributed by atoms with E-state index in [1.165, 1.54) is 42.2 Å². The maximum absolute atomic E-state index is 3.34. The van der Waals surface area contributed by atoms with Gasteiger partial charge in [-0.3, -0.25) is 0 Å². The summed E-state index contributed by atoms with van der Waals surface area (Å²) < 4.78 is 1.11. The molecule has 0 spiro atoms. The van der Waals surface area contributed by atoms with Gasteiger partial charge in [0.15, 0.2) is 0 Å². The second-order valence-electron chi connectivity index (χ2n) is 2.43. The first-order valence-corrected chi connectivity index (χ1v) is 4.26. The maximum Gasteiger partial charge on any atom is 0.216 e. The topological polar surface area (TPSA) is 12.0 Å². The van der Waals surface area contributed by atoms with E-state index in [1.807, 2.05) is 0 Å². The molecule has 7 heavy (non-hydrogen) atoms. The molecule has 1 rings (SSSR count). The summed E-state index contributed by atoms with van der Waals surface area (Å²) in [7, 11) is 0. The van der Waals surface area contributed by atoms with Crippen molar-refractivity contribution in [2.24, 2.45) is 0 Å². The van der Waals surface area contributed by atoms with Crippen molar-refractivity contribution >= 4 is 16.3 Å². The van der Waals surface area contributed by atoms with Crippen molar-refractivity contribution in [1.29, 1.82) is 0 Å². The molecule has 1 heterocycles. The molecule has 0 atom stereocenters. The van der Waals surface area contributed by atoms with Crippen molar-refractivity contribution in [2.45, 2.75) is 17.6 Å². The smallest absolute Gasteiger partial charge is 0.216 e. The van der Waals surface area contributed by atoms with Crippen LogP contribution in [-0.4, -0.2) is 29.4 Å². The quantitative estimate of drug-likeness (QED) is 0.429. The third-order valence-corrected chi connectivity index (χ3v) is 2.78. The van der Waals surface area contributed by atoms with Gasteiger partial charge in [0.2, 0.25) is 16.3 Å². The summed E-state index contributed by atoms with van der Waals surface area (Å²) in [6.07, 6.45) is 2.87. The van der Waals surface area contributed by atoms with Gasteiger partial charge in [-0.2, -0.15) is 0 Å². The van der Waals surface area contributed by atoms with E-state index in [2.05, 4.69) is 5.32 Å². The summed E-state index contributed by atoms with van der Waals surface area (Å²) in [5.41, 5.74) is 0. The number of nitrogens with one attached hydrogen (secondary N) is 1. The third-order valence-electron chi connectivity index (χ3n) is 1.63. The average Bonchev–Trinajstić information content (AvgIpc) is 1.69. The van der Waals surface area contributed by atoms with Crippen LogP contribution >= 0.6 is 0 Å². The molecule has 0 aromatic carbocycles. The minimum absolute atomic E-state index is 1.11. The van der Waals surface area contributed by atoms with Gasteiger partial charge in [0.1, 0.15) is 0 Å². The van der Waals surface area contributed by atoms with E-state index in [-0.39, 0.29) is 0 Å². The molecule has 1 N–H and O–H groups in total. The summed E-state index contributed by atoms with van der Waals surface area (Å²) in [5, 5.41) is 3.34. The molecule has 0 aliphatic carbocycles. The standard InChI is InChI=1S/C5H10N.Al.2H/c1-2-4-6-5-3-1;;;/h1,6H,2-5H2;;;. The van der Waals surface area contributed by atoms with Gasteiger partial charge in [-0.05, 0) is 13.1 Å². The molecular weight excluding hydrogens is 101 g/mol. The molecule has 1 nitrogen and oxygen atoms in total. The lowest BCUT2D eigenvalue weighted by Crippen LogP contribution is -2.24. The summed E-state index contributed by atoms with van der Waals surface area (Å²) in [5.74, 6) is 0. The average molecular weight is 113 g/mol. The predicted octanol–water partition coefficient (Wildman–Crippen LogP) is -0.209. The van der Waals surface area contributed by atoms with Gasteiger partial charge < -0.3 is 5.32 Å². The number of rotatable bonds is 0. The Balaban J connectivity index is 2.12. The van der Waals surface area contributed by atoms with Gasteiger partial charge in [-0.15, -0.1) is 0 Å². The molecular formula is C5H12AlN. The fourth-order valence-corrected chi connectivity index (χ4v) is 1.54. The molecule has 0 bridgehead atoms. The fraction of sp³-hybridized carbons (Fsp3) is 1.00. The van der Waals surface area contributed by atoms with E-state index in [4.69, 9.17) is 0 Å². The monoisotopic (exact) mass is 113 g/mol. The highest BCUT2D eigenvalue weighted by Crippen LogP contribution is 2.11. The zero-order chi connectivity index (χ0) is 5.11. The minimum atomic E-state index is 1.11. The van der Waals surface area contributed by atoms with Crippen LogP contribution in [0.15, 0.2) is 0 Å². The summed E-state index contributed by atoms with van der Waals surface area (Å²) >= 11 is 1.41. The third kappa shape index (κ3) is 1.82. The largest absolute Gasteiger partial charge is 0.317 e. The molecule has 1 fully saturated rings. The van der Waals surface area contributed by atoms with Crippen molar-refractivity contribution in [2.75, 3.05) is 13.1 Å². The number of hydrogen-bond donors (Lipinski definition) is 1. The molecule has 0 saturated carbocycles. The van der Waals surface area contributed by atoms with Crippen LogP contribution < -0.4 is 5.32 Å². The van der Waals surface area contributed by atoms with Gasteiger partial charge in [0.25, 0.3) is 0 Å². The fourth-order valence-electron chi connectivity index (χ4n) is 0.966. The van der Waals surface area contributed by atoms with Crippen molar-refractivity contribution < 1.29 is 0 Å². The molecule has 40 valence electrons. The summed E-state index contributed by atoms with van der Waals surface area (Å²) in [6, 6.07) is 0. The van der Waals surface area contributed by atoms with Crippen LogP contribution in [0.4, 0.5) is 0 Å². The Bertz CT molecular complexity index is 50.0. The predicted molar refractivity (Wildman–Crippen MR) is 34.4 cm³/mol. The van der Waals surface area contributed by atoms with Gasteiger partial charge in [0, 0.05) is 0 Å². The van der Waals surface area contributed by atoms with E-state index in [0.717, 1.165) is 4.78 Å². The van der Waals surface area contributed by atoms with Crippen LogP contribution in [0.5, 0.6) is 0 Å². The first-order chi connectivity index (χ1) is 3.39. The lowest BCUT2D eigenvalue weighted by atomic mass is 10.2. The lowest BCUT2D eigenvalue weighted by molar-refractivity contribution is 0.520. The van der Waals surface area contributed by atoms with Crippen LogP contribution in [0, 0.1) is 0 Å². The van der Waals surface area contributed by atoms with Crippen LogP contribution in [0.1, 0.15) is 12.8 Å². The highest BCUT2D eigenvalue weighted by Gasteiger charge is 2.05. The Morgan fingerprint density at radius 1 is 1.29 bits per heavy atom. The normalized spacial score (nSPS) is 25.1. The van der Waals surface area contributed by atoms with E-state index < -0.39 is 0 Å². The first kappa shape index (κ1) is 5.63. The van der Waals surface area contributed by atoms with Crippen molar-refractivity contribution in [3.8, 4) is 0 Å². The molecule has 0 radical (unpaired) electrons. The summed E-state index contributed by atoms with van der Waals surface area (Å²) in [6.45, 7) is 2.54. The van der Waals surface area contributed by atoms with Gasteiger partial charge in [0.05, 0.1) is 0 Å². The Morgan fingerprint density at radius 2 is 1.86 bits per heavy atom. The maximum atomic E-state index is 3.34. The molecule has 0 unspecified atom stereocenters. The molecule has 1 saturated heterocycles. The van der Waals surface area contributed by atoms with E-state index in [0.29, 0.717) is 0 Å². The van der Waals surface area contributed by atoms with Gasteiger partial charge >= 0.3 is 0 Å². The Labute approximate surface area is 52.9 Å². The van der Waals surface area contributed by atoms with Gasteiger partial charge in [-0.25, -0.2) is 0 Å². The van der Waals surface area contributed by atoms with Crippen molar-refractivity contribution in [3.05, 3.63) is 0 Å². The van der Waals surface area contributed by atoms with Crippen LogP contribution in [0.25, 0.3) is 0 Å². The van der Waals surface area contributed by atoms with E-state index in [1.54, 1.807) is 0 Å². The molecule has 1 aliphatic rings. The number of hydrogen-bond acceptors (Lipinski definition) is 1. The van der Waals surface area contributed by atoms with Gasteiger partial charge in [-0.1, -0.05) is 17.6 Å². The second kappa shape index (κ2) is 2.72. The number of piperidine rings is 1. The van der Waals surface area contributed by atoms with Crippen LogP contribution in [0.2, 0.25) is 4.78 Å². The van der Waals surface area contributed by atoms with E-state index in [9.17, 15) is 0 Å². The molecule has 2 heteroatoms. The Kier molecular flexibility index (Phi) is 2.18. The minimum Gasteiger partial charge on any atom is -0.317 e. The van der Waals surface area contributed by atoms with Crippen LogP contribution in [-0.2, 0) is 0 Å². The zero-order valence-corrected chi connectivity index (χ0v) is 6.91. The Morgan fingerprint density at radius 3 is 2.14 bits per heavy atom. The highest BCUT2D eigenvalue weighted by molar-refractivity contribution is 6.11. The molecule has 0 aromatic heterocycles. The molecule has 0 amide bonds. The van der Waals surface area contributed by atoms with E-state index >= 15 is 0 Å². The zero-order valence-electron chi connectivity index (χ0n) is 4.91. The SMILES string of the molecule is [AlH2][CH]1CCNCC1. The Hall–Kier alpha value is 0.492. The summed E-state index contributed by atoms with van der Waals surface area (Å²) in [4.78, 5) is 0. The highest BCUT2D eigenvalue weighted by atomic mass is 27.0. The molecule has 0 aromatic rings.